The van der Waals surface area contributed by atoms with Crippen molar-refractivity contribution in [1.29, 1.82) is 0 Å². The summed E-state index contributed by atoms with van der Waals surface area (Å²) in [4.78, 5) is 21.0. The fourth-order valence-corrected chi connectivity index (χ4v) is 3.53. The normalized spacial score (nSPS) is 16.6. The first-order chi connectivity index (χ1) is 11.7. The Morgan fingerprint density at radius 3 is 2.88 bits per heavy atom. The van der Waals surface area contributed by atoms with E-state index in [-0.39, 0.29) is 5.91 Å². The van der Waals surface area contributed by atoms with Crippen LogP contribution in [0.25, 0.3) is 0 Å². The van der Waals surface area contributed by atoms with Crippen molar-refractivity contribution in [3.05, 3.63) is 35.5 Å². The molecule has 0 spiro atoms. The number of nitrogens with zero attached hydrogens (tertiary/aromatic N) is 3. The molecule has 0 unspecified atom stereocenters. The van der Waals surface area contributed by atoms with Crippen molar-refractivity contribution in [2.24, 2.45) is 4.99 Å². The molecule has 0 fully saturated rings. The molecule has 0 atom stereocenters. The van der Waals surface area contributed by atoms with Gasteiger partial charge in [-0.3, -0.25) is 9.79 Å². The summed E-state index contributed by atoms with van der Waals surface area (Å²) in [6.07, 6.45) is 9.20. The van der Waals surface area contributed by atoms with Crippen LogP contribution in [0.5, 0.6) is 0 Å². The average molecular weight is 325 g/mol. The van der Waals surface area contributed by atoms with Crippen molar-refractivity contribution in [2.45, 2.75) is 46.0 Å². The Hall–Kier alpha value is -2.10. The van der Waals surface area contributed by atoms with Crippen LogP contribution >= 0.6 is 0 Å². The molecule has 4 heteroatoms. The van der Waals surface area contributed by atoms with Gasteiger partial charge in [0.05, 0.1) is 12.2 Å². The van der Waals surface area contributed by atoms with Crippen LogP contribution < -0.4 is 9.80 Å². The SMILES string of the molecule is CCC(=O)N(CC)c1ccc2c(c1)N(CC1=CCC=N1)CCCC2. The number of anilines is 2. The van der Waals surface area contributed by atoms with Crippen molar-refractivity contribution in [2.75, 3.05) is 29.4 Å². The minimum atomic E-state index is 0.181. The van der Waals surface area contributed by atoms with E-state index in [1.807, 2.05) is 25.0 Å². The lowest BCUT2D eigenvalue weighted by atomic mass is 10.1. The summed E-state index contributed by atoms with van der Waals surface area (Å²) in [7, 11) is 0. The number of hydrogen-bond donors (Lipinski definition) is 0. The molecule has 0 radical (unpaired) electrons. The van der Waals surface area contributed by atoms with Crippen LogP contribution in [0.4, 0.5) is 11.4 Å². The van der Waals surface area contributed by atoms with Crippen molar-refractivity contribution in [3.63, 3.8) is 0 Å². The van der Waals surface area contributed by atoms with Crippen LogP contribution in [0.15, 0.2) is 35.0 Å². The number of aliphatic imine (C=N–C) groups is 1. The summed E-state index contributed by atoms with van der Waals surface area (Å²) in [5.74, 6) is 0.181. The summed E-state index contributed by atoms with van der Waals surface area (Å²) in [6.45, 7) is 6.58. The largest absolute Gasteiger partial charge is 0.365 e. The summed E-state index contributed by atoms with van der Waals surface area (Å²) >= 11 is 0. The number of amides is 1. The molecular formula is C20H27N3O. The summed E-state index contributed by atoms with van der Waals surface area (Å²) in [5.41, 5.74) is 4.83. The minimum Gasteiger partial charge on any atom is -0.365 e. The van der Waals surface area contributed by atoms with Gasteiger partial charge < -0.3 is 9.80 Å². The second kappa shape index (κ2) is 7.65. The lowest BCUT2D eigenvalue weighted by Gasteiger charge is -2.27. The second-order valence-electron chi connectivity index (χ2n) is 6.43. The molecule has 0 N–H and O–H groups in total. The second-order valence-corrected chi connectivity index (χ2v) is 6.43. The van der Waals surface area contributed by atoms with E-state index >= 15 is 0 Å². The number of rotatable bonds is 5. The van der Waals surface area contributed by atoms with Crippen molar-refractivity contribution >= 4 is 23.5 Å². The quantitative estimate of drug-likeness (QED) is 0.822. The summed E-state index contributed by atoms with van der Waals surface area (Å²) in [6, 6.07) is 6.52. The van der Waals surface area contributed by atoms with Gasteiger partial charge in [0, 0.05) is 43.5 Å². The van der Waals surface area contributed by atoms with Gasteiger partial charge in [0.25, 0.3) is 0 Å². The Kier molecular flexibility index (Phi) is 5.34. The lowest BCUT2D eigenvalue weighted by molar-refractivity contribution is -0.118. The van der Waals surface area contributed by atoms with Gasteiger partial charge in [-0.15, -0.1) is 0 Å². The Morgan fingerprint density at radius 1 is 1.29 bits per heavy atom. The zero-order valence-corrected chi connectivity index (χ0v) is 14.8. The fourth-order valence-electron chi connectivity index (χ4n) is 3.53. The molecule has 0 aliphatic carbocycles. The van der Waals surface area contributed by atoms with Gasteiger partial charge >= 0.3 is 0 Å². The molecule has 128 valence electrons. The van der Waals surface area contributed by atoms with E-state index in [0.29, 0.717) is 13.0 Å². The Morgan fingerprint density at radius 2 is 2.17 bits per heavy atom. The molecule has 0 aromatic heterocycles. The van der Waals surface area contributed by atoms with Crippen LogP contribution in [0.3, 0.4) is 0 Å². The molecule has 3 rings (SSSR count). The van der Waals surface area contributed by atoms with E-state index in [4.69, 9.17) is 0 Å². The van der Waals surface area contributed by atoms with Gasteiger partial charge in [-0.25, -0.2) is 0 Å². The zero-order valence-electron chi connectivity index (χ0n) is 14.8. The van der Waals surface area contributed by atoms with E-state index in [1.165, 1.54) is 24.1 Å². The Balaban J connectivity index is 1.92. The number of fused-ring (bicyclic) bond motifs is 1. The molecule has 1 aromatic rings. The first kappa shape index (κ1) is 16.7. The number of aryl methyl sites for hydroxylation is 1. The first-order valence-electron chi connectivity index (χ1n) is 9.12. The summed E-state index contributed by atoms with van der Waals surface area (Å²) < 4.78 is 0. The third-order valence-electron chi connectivity index (χ3n) is 4.83. The maximum Gasteiger partial charge on any atom is 0.226 e. The fraction of sp³-hybridized carbons (Fsp3) is 0.500. The molecule has 24 heavy (non-hydrogen) atoms. The van der Waals surface area contributed by atoms with Gasteiger partial charge in [-0.2, -0.15) is 0 Å². The van der Waals surface area contributed by atoms with E-state index in [0.717, 1.165) is 37.3 Å². The highest BCUT2D eigenvalue weighted by molar-refractivity contribution is 5.93. The van der Waals surface area contributed by atoms with Crippen LogP contribution in [0, 0.1) is 0 Å². The highest BCUT2D eigenvalue weighted by atomic mass is 16.2. The van der Waals surface area contributed by atoms with Gasteiger partial charge in [-0.05, 0) is 43.9 Å². The third kappa shape index (κ3) is 3.53. The zero-order chi connectivity index (χ0) is 16.9. The average Bonchev–Trinajstić information content (AvgIpc) is 3.03. The minimum absolute atomic E-state index is 0.181. The number of allylic oxidation sites excluding steroid dienone is 1. The number of carbonyl (C=O) groups is 1. The maximum absolute atomic E-state index is 12.2. The molecule has 0 bridgehead atoms. The van der Waals surface area contributed by atoms with Crippen LogP contribution in [0.1, 0.15) is 45.1 Å². The highest BCUT2D eigenvalue weighted by Crippen LogP contribution is 2.32. The molecule has 1 aromatic carbocycles. The molecule has 4 nitrogen and oxygen atoms in total. The maximum atomic E-state index is 12.2. The van der Waals surface area contributed by atoms with Crippen LogP contribution in [-0.2, 0) is 11.2 Å². The third-order valence-corrected chi connectivity index (χ3v) is 4.83. The molecular weight excluding hydrogens is 298 g/mol. The van der Waals surface area contributed by atoms with Crippen molar-refractivity contribution < 1.29 is 4.79 Å². The molecule has 2 aliphatic heterocycles. The van der Waals surface area contributed by atoms with Gasteiger partial charge in [0.2, 0.25) is 5.91 Å². The van der Waals surface area contributed by atoms with Gasteiger partial charge in [0.15, 0.2) is 0 Å². The standard InChI is InChI=1S/C20H27N3O/c1-3-20(24)23(4-2)18-11-10-16-8-5-6-13-22(19(16)14-18)15-17-9-7-12-21-17/h9-12,14H,3-8,13,15H2,1-2H3. The molecule has 0 saturated heterocycles. The number of hydrogen-bond acceptors (Lipinski definition) is 3. The molecule has 0 saturated carbocycles. The van der Waals surface area contributed by atoms with Gasteiger partial charge in [0.1, 0.15) is 0 Å². The van der Waals surface area contributed by atoms with Crippen molar-refractivity contribution in [3.8, 4) is 0 Å². The van der Waals surface area contributed by atoms with E-state index in [9.17, 15) is 4.79 Å². The first-order valence-corrected chi connectivity index (χ1v) is 9.12. The molecule has 1 amide bonds. The Labute approximate surface area is 144 Å². The highest BCUT2D eigenvalue weighted by Gasteiger charge is 2.20. The molecule has 2 aliphatic rings. The van der Waals surface area contributed by atoms with E-state index in [2.05, 4.69) is 34.2 Å². The number of benzene rings is 1. The smallest absolute Gasteiger partial charge is 0.226 e. The van der Waals surface area contributed by atoms with Crippen molar-refractivity contribution in [1.82, 2.24) is 0 Å². The predicted molar refractivity (Wildman–Crippen MR) is 101 cm³/mol. The monoisotopic (exact) mass is 325 g/mol. The Bertz CT molecular complexity index is 663. The molecule has 2 heterocycles. The van der Waals surface area contributed by atoms with E-state index in [1.54, 1.807) is 0 Å². The summed E-state index contributed by atoms with van der Waals surface area (Å²) in [5, 5.41) is 0. The number of carbonyl (C=O) groups excluding carboxylic acids is 1. The van der Waals surface area contributed by atoms with Crippen LogP contribution in [-0.4, -0.2) is 31.8 Å². The topological polar surface area (TPSA) is 35.9 Å². The predicted octanol–water partition coefficient (Wildman–Crippen LogP) is 3.95. The van der Waals surface area contributed by atoms with E-state index < -0.39 is 0 Å². The lowest BCUT2D eigenvalue weighted by Crippen LogP contribution is -2.31. The van der Waals surface area contributed by atoms with Crippen LogP contribution in [0.2, 0.25) is 0 Å². The van der Waals surface area contributed by atoms with Gasteiger partial charge in [-0.1, -0.05) is 19.1 Å².